The first-order valence-corrected chi connectivity index (χ1v) is 6.23. The van der Waals surface area contributed by atoms with Gasteiger partial charge in [0, 0.05) is 25.0 Å². The summed E-state index contributed by atoms with van der Waals surface area (Å²) in [5, 5.41) is 3.30. The first-order chi connectivity index (χ1) is 7.20. The van der Waals surface area contributed by atoms with E-state index in [4.69, 9.17) is 0 Å². The van der Waals surface area contributed by atoms with Crippen LogP contribution in [0.25, 0.3) is 0 Å². The maximum absolute atomic E-state index is 12.0. The van der Waals surface area contributed by atoms with Gasteiger partial charge in [-0.1, -0.05) is 6.92 Å². The molecular weight excluding hydrogens is 188 g/mol. The molecule has 2 rings (SSSR count). The molecule has 0 radical (unpaired) electrons. The van der Waals surface area contributed by atoms with Crippen molar-refractivity contribution >= 4 is 5.91 Å². The number of hydrogen-bond acceptors (Lipinski definition) is 2. The van der Waals surface area contributed by atoms with E-state index in [9.17, 15) is 4.79 Å². The number of rotatable bonds is 4. The molecule has 2 aliphatic rings. The Bertz CT molecular complexity index is 242. The quantitative estimate of drug-likeness (QED) is 0.760. The van der Waals surface area contributed by atoms with Crippen molar-refractivity contribution in [3.05, 3.63) is 0 Å². The van der Waals surface area contributed by atoms with E-state index in [1.807, 2.05) is 0 Å². The van der Waals surface area contributed by atoms with Crippen molar-refractivity contribution in [1.29, 1.82) is 0 Å². The van der Waals surface area contributed by atoms with Gasteiger partial charge in [0.15, 0.2) is 0 Å². The highest BCUT2D eigenvalue weighted by Crippen LogP contribution is 2.37. The summed E-state index contributed by atoms with van der Waals surface area (Å²) in [6.07, 6.45) is 4.52. The molecule has 0 spiro atoms. The second-order valence-electron chi connectivity index (χ2n) is 5.04. The van der Waals surface area contributed by atoms with Crippen LogP contribution in [0.1, 0.15) is 39.5 Å². The molecule has 86 valence electrons. The predicted octanol–water partition coefficient (Wildman–Crippen LogP) is 1.39. The highest BCUT2D eigenvalue weighted by Gasteiger charge is 2.40. The van der Waals surface area contributed by atoms with Gasteiger partial charge in [-0.25, -0.2) is 0 Å². The highest BCUT2D eigenvalue weighted by molar-refractivity contribution is 5.77. The minimum absolute atomic E-state index is 0.321. The van der Waals surface area contributed by atoms with Gasteiger partial charge < -0.3 is 10.2 Å². The number of carbonyl (C=O) groups is 1. The lowest BCUT2D eigenvalue weighted by molar-refractivity contribution is -0.133. The number of hydrogen-bond donors (Lipinski definition) is 1. The first kappa shape index (κ1) is 10.9. The summed E-state index contributed by atoms with van der Waals surface area (Å²) in [7, 11) is 0. The van der Waals surface area contributed by atoms with Crippen molar-refractivity contribution in [2.45, 2.75) is 51.6 Å². The van der Waals surface area contributed by atoms with Crippen molar-refractivity contribution in [2.75, 3.05) is 13.1 Å². The van der Waals surface area contributed by atoms with E-state index in [1.54, 1.807) is 0 Å². The number of nitrogens with one attached hydrogen (secondary N) is 1. The van der Waals surface area contributed by atoms with Gasteiger partial charge in [-0.2, -0.15) is 0 Å². The van der Waals surface area contributed by atoms with Crippen molar-refractivity contribution in [2.24, 2.45) is 5.92 Å². The second-order valence-corrected chi connectivity index (χ2v) is 5.04. The zero-order valence-electron chi connectivity index (χ0n) is 9.83. The minimum Gasteiger partial charge on any atom is -0.339 e. The first-order valence-electron chi connectivity index (χ1n) is 6.23. The smallest absolute Gasteiger partial charge is 0.224 e. The fourth-order valence-corrected chi connectivity index (χ4v) is 3.03. The molecule has 3 nitrogen and oxygen atoms in total. The van der Waals surface area contributed by atoms with Crippen LogP contribution in [0.5, 0.6) is 0 Å². The Morgan fingerprint density at radius 3 is 2.87 bits per heavy atom. The van der Waals surface area contributed by atoms with E-state index >= 15 is 0 Å². The van der Waals surface area contributed by atoms with Crippen LogP contribution in [0.4, 0.5) is 0 Å². The number of amides is 1. The van der Waals surface area contributed by atoms with Gasteiger partial charge in [-0.05, 0) is 38.6 Å². The molecule has 0 aromatic rings. The zero-order chi connectivity index (χ0) is 10.8. The molecule has 1 N–H and O–H groups in total. The third-order valence-corrected chi connectivity index (χ3v) is 3.76. The Balaban J connectivity index is 1.81. The average molecular weight is 210 g/mol. The lowest BCUT2D eigenvalue weighted by Gasteiger charge is -2.28. The number of carbonyl (C=O) groups excluding carboxylic acids is 1. The van der Waals surface area contributed by atoms with E-state index < -0.39 is 0 Å². The molecule has 2 fully saturated rings. The molecule has 15 heavy (non-hydrogen) atoms. The molecule has 0 aromatic heterocycles. The van der Waals surface area contributed by atoms with Gasteiger partial charge in [-0.15, -0.1) is 0 Å². The van der Waals surface area contributed by atoms with Crippen LogP contribution in [-0.4, -0.2) is 36.0 Å². The molecule has 1 aliphatic carbocycles. The monoisotopic (exact) mass is 210 g/mol. The van der Waals surface area contributed by atoms with E-state index in [-0.39, 0.29) is 0 Å². The van der Waals surface area contributed by atoms with Gasteiger partial charge >= 0.3 is 0 Å². The molecule has 0 aromatic carbocycles. The Labute approximate surface area is 92.2 Å². The van der Waals surface area contributed by atoms with Crippen molar-refractivity contribution in [3.63, 3.8) is 0 Å². The lowest BCUT2D eigenvalue weighted by atomic mass is 10.1. The van der Waals surface area contributed by atoms with E-state index in [2.05, 4.69) is 24.1 Å². The van der Waals surface area contributed by atoms with Crippen molar-refractivity contribution < 1.29 is 4.79 Å². The normalized spacial score (nSPS) is 30.9. The highest BCUT2D eigenvalue weighted by atomic mass is 16.2. The number of likely N-dealkylation sites (tertiary alicyclic amines) is 1. The fourth-order valence-electron chi connectivity index (χ4n) is 3.03. The van der Waals surface area contributed by atoms with E-state index in [0.717, 1.165) is 19.0 Å². The predicted molar refractivity (Wildman–Crippen MR) is 60.6 cm³/mol. The number of fused-ring (bicyclic) bond motifs is 2. The summed E-state index contributed by atoms with van der Waals surface area (Å²) < 4.78 is 0. The van der Waals surface area contributed by atoms with Gasteiger partial charge in [0.2, 0.25) is 5.91 Å². The summed E-state index contributed by atoms with van der Waals surface area (Å²) in [5.41, 5.74) is 0. The fraction of sp³-hybridized carbons (Fsp3) is 0.917. The third kappa shape index (κ3) is 2.33. The Kier molecular flexibility index (Phi) is 3.29. The Hall–Kier alpha value is -0.570. The summed E-state index contributed by atoms with van der Waals surface area (Å²) >= 11 is 0. The van der Waals surface area contributed by atoms with Crippen molar-refractivity contribution in [3.8, 4) is 0 Å². The molecule has 1 aliphatic heterocycles. The molecule has 2 bridgehead atoms. The largest absolute Gasteiger partial charge is 0.339 e. The lowest BCUT2D eigenvalue weighted by Crippen LogP contribution is -2.41. The van der Waals surface area contributed by atoms with Crippen LogP contribution in [0.15, 0.2) is 0 Å². The standard InChI is InChI=1S/C12H22N2O/c1-3-13-9(2)6-12(15)14-8-10-4-5-11(14)7-10/h9-11,13H,3-8H2,1-2H3. The summed E-state index contributed by atoms with van der Waals surface area (Å²) in [4.78, 5) is 14.1. The number of nitrogens with zero attached hydrogens (tertiary/aromatic N) is 1. The molecule has 1 saturated heterocycles. The third-order valence-electron chi connectivity index (χ3n) is 3.76. The van der Waals surface area contributed by atoms with Crippen LogP contribution in [0.3, 0.4) is 0 Å². The average Bonchev–Trinajstić information content (AvgIpc) is 2.78. The summed E-state index contributed by atoms with van der Waals surface area (Å²) in [5.74, 6) is 1.17. The van der Waals surface area contributed by atoms with Gasteiger partial charge in [-0.3, -0.25) is 4.79 Å². The molecule has 3 atom stereocenters. The van der Waals surface area contributed by atoms with Gasteiger partial charge in [0.1, 0.15) is 0 Å². The van der Waals surface area contributed by atoms with E-state index in [0.29, 0.717) is 24.4 Å². The second kappa shape index (κ2) is 4.52. The maximum Gasteiger partial charge on any atom is 0.224 e. The summed E-state index contributed by atoms with van der Waals surface area (Å²) in [6.45, 7) is 6.15. The molecule has 1 saturated carbocycles. The SMILES string of the molecule is CCNC(C)CC(=O)N1CC2CCC1C2. The van der Waals surface area contributed by atoms with Crippen LogP contribution in [0, 0.1) is 5.92 Å². The van der Waals surface area contributed by atoms with Crippen molar-refractivity contribution in [1.82, 2.24) is 10.2 Å². The molecular formula is C12H22N2O. The van der Waals surface area contributed by atoms with Crippen LogP contribution in [0.2, 0.25) is 0 Å². The summed E-state index contributed by atoms with van der Waals surface area (Å²) in [6, 6.07) is 0.901. The Morgan fingerprint density at radius 2 is 2.33 bits per heavy atom. The van der Waals surface area contributed by atoms with Crippen LogP contribution in [-0.2, 0) is 4.79 Å². The van der Waals surface area contributed by atoms with Crippen LogP contribution >= 0.6 is 0 Å². The van der Waals surface area contributed by atoms with Crippen LogP contribution < -0.4 is 5.32 Å². The molecule has 3 heteroatoms. The van der Waals surface area contributed by atoms with Gasteiger partial charge in [0.25, 0.3) is 0 Å². The molecule has 1 amide bonds. The number of piperidine rings is 1. The minimum atomic E-state index is 0.321. The topological polar surface area (TPSA) is 32.3 Å². The maximum atomic E-state index is 12.0. The molecule has 3 unspecified atom stereocenters. The van der Waals surface area contributed by atoms with E-state index in [1.165, 1.54) is 19.3 Å². The molecule has 1 heterocycles. The zero-order valence-corrected chi connectivity index (χ0v) is 9.83. The van der Waals surface area contributed by atoms with Gasteiger partial charge in [0.05, 0.1) is 0 Å². The Morgan fingerprint density at radius 1 is 1.53 bits per heavy atom.